The number of morpholine rings is 1. The van der Waals surface area contributed by atoms with Gasteiger partial charge in [0, 0.05) is 62.5 Å². The molecule has 2 aliphatic rings. The summed E-state index contributed by atoms with van der Waals surface area (Å²) in [5.41, 5.74) is 0. The largest absolute Gasteiger partial charge is 0.381 e. The predicted molar refractivity (Wildman–Crippen MR) is 105 cm³/mol. The first kappa shape index (κ1) is 19.7. The van der Waals surface area contributed by atoms with E-state index in [9.17, 15) is 4.79 Å². The Morgan fingerprint density at radius 1 is 1.08 bits per heavy atom. The molecule has 0 N–H and O–H groups in total. The Kier molecular flexibility index (Phi) is 8.26. The average molecular weight is 379 g/mol. The molecule has 144 valence electrons. The standard InChI is InChI=1S/C20H30N2O3S/c23-20(8-17-26-19-4-2-1-3-5-19)22(18-6-13-24-14-7-18)10-9-21-11-15-25-16-12-21/h1-5,18H,6-17H2. The summed E-state index contributed by atoms with van der Waals surface area (Å²) < 4.78 is 10.9. The summed E-state index contributed by atoms with van der Waals surface area (Å²) >= 11 is 1.76. The van der Waals surface area contributed by atoms with Crippen molar-refractivity contribution in [2.24, 2.45) is 0 Å². The van der Waals surface area contributed by atoms with Gasteiger partial charge >= 0.3 is 0 Å². The fourth-order valence-corrected chi connectivity index (χ4v) is 4.36. The first-order chi connectivity index (χ1) is 12.8. The topological polar surface area (TPSA) is 42.0 Å². The maximum Gasteiger partial charge on any atom is 0.223 e. The Balaban J connectivity index is 1.50. The van der Waals surface area contributed by atoms with Crippen LogP contribution >= 0.6 is 11.8 Å². The molecule has 26 heavy (non-hydrogen) atoms. The molecule has 1 aromatic rings. The van der Waals surface area contributed by atoms with Gasteiger partial charge in [0.15, 0.2) is 0 Å². The predicted octanol–water partition coefficient (Wildman–Crippen LogP) is 2.51. The first-order valence-electron chi connectivity index (χ1n) is 9.68. The van der Waals surface area contributed by atoms with Crippen LogP contribution in [-0.2, 0) is 14.3 Å². The van der Waals surface area contributed by atoms with Gasteiger partial charge in [0.25, 0.3) is 0 Å². The van der Waals surface area contributed by atoms with Gasteiger partial charge in [-0.25, -0.2) is 0 Å². The average Bonchev–Trinajstić information content (AvgIpc) is 2.70. The van der Waals surface area contributed by atoms with Crippen molar-refractivity contribution in [2.75, 3.05) is 58.4 Å². The number of thioether (sulfide) groups is 1. The second-order valence-corrected chi connectivity index (χ2v) is 7.96. The lowest BCUT2D eigenvalue weighted by atomic mass is 10.1. The van der Waals surface area contributed by atoms with Crippen molar-refractivity contribution in [1.29, 1.82) is 0 Å². The van der Waals surface area contributed by atoms with E-state index in [2.05, 4.69) is 21.9 Å². The molecule has 0 aromatic heterocycles. The molecule has 5 nitrogen and oxygen atoms in total. The van der Waals surface area contributed by atoms with Gasteiger partial charge in [-0.1, -0.05) is 18.2 Å². The van der Waals surface area contributed by atoms with Crippen LogP contribution in [0.2, 0.25) is 0 Å². The molecule has 0 unspecified atom stereocenters. The second kappa shape index (κ2) is 10.9. The molecule has 1 amide bonds. The monoisotopic (exact) mass is 378 g/mol. The lowest BCUT2D eigenvalue weighted by Crippen LogP contribution is -2.48. The van der Waals surface area contributed by atoms with Crippen molar-refractivity contribution in [1.82, 2.24) is 9.80 Å². The molecule has 0 radical (unpaired) electrons. The zero-order valence-electron chi connectivity index (χ0n) is 15.5. The summed E-state index contributed by atoms with van der Waals surface area (Å²) in [4.78, 5) is 18.7. The molecule has 2 aliphatic heterocycles. The SMILES string of the molecule is O=C(CCSc1ccccc1)N(CCN1CCOCC1)C1CCOCC1. The molecule has 0 atom stereocenters. The highest BCUT2D eigenvalue weighted by molar-refractivity contribution is 7.99. The van der Waals surface area contributed by atoms with E-state index in [-0.39, 0.29) is 5.91 Å². The normalized spacial score (nSPS) is 19.4. The van der Waals surface area contributed by atoms with Crippen molar-refractivity contribution in [2.45, 2.75) is 30.2 Å². The Morgan fingerprint density at radius 2 is 1.77 bits per heavy atom. The molecule has 2 heterocycles. The molecule has 2 saturated heterocycles. The van der Waals surface area contributed by atoms with E-state index in [0.29, 0.717) is 12.5 Å². The van der Waals surface area contributed by atoms with Crippen LogP contribution in [0.25, 0.3) is 0 Å². The minimum atomic E-state index is 0.286. The molecular formula is C20H30N2O3S. The quantitative estimate of drug-likeness (QED) is 0.650. The van der Waals surface area contributed by atoms with Crippen molar-refractivity contribution in [3.8, 4) is 0 Å². The fourth-order valence-electron chi connectivity index (χ4n) is 3.50. The molecule has 0 spiro atoms. The maximum atomic E-state index is 12.9. The molecule has 2 fully saturated rings. The summed E-state index contributed by atoms with van der Waals surface area (Å²) in [6, 6.07) is 10.6. The Bertz CT molecular complexity index is 531. The number of carbonyl (C=O) groups excluding carboxylic acids is 1. The lowest BCUT2D eigenvalue weighted by Gasteiger charge is -2.36. The number of hydrogen-bond donors (Lipinski definition) is 0. The van der Waals surface area contributed by atoms with Gasteiger partial charge in [0.05, 0.1) is 13.2 Å². The van der Waals surface area contributed by atoms with Gasteiger partial charge in [-0.2, -0.15) is 0 Å². The number of benzene rings is 1. The smallest absolute Gasteiger partial charge is 0.223 e. The van der Waals surface area contributed by atoms with Gasteiger partial charge in [-0.05, 0) is 25.0 Å². The molecule has 0 aliphatic carbocycles. The van der Waals surface area contributed by atoms with E-state index in [1.807, 2.05) is 18.2 Å². The van der Waals surface area contributed by atoms with E-state index in [4.69, 9.17) is 9.47 Å². The van der Waals surface area contributed by atoms with E-state index in [1.165, 1.54) is 4.90 Å². The highest BCUT2D eigenvalue weighted by atomic mass is 32.2. The van der Waals surface area contributed by atoms with Crippen LogP contribution in [0.15, 0.2) is 35.2 Å². The van der Waals surface area contributed by atoms with Gasteiger partial charge in [-0.3, -0.25) is 9.69 Å². The minimum Gasteiger partial charge on any atom is -0.381 e. The summed E-state index contributed by atoms with van der Waals surface area (Å²) in [5, 5.41) is 0. The van der Waals surface area contributed by atoms with Crippen molar-refractivity contribution >= 4 is 17.7 Å². The van der Waals surface area contributed by atoms with Crippen molar-refractivity contribution in [3.05, 3.63) is 30.3 Å². The zero-order valence-corrected chi connectivity index (χ0v) is 16.3. The third-order valence-corrected chi connectivity index (χ3v) is 6.05. The first-order valence-corrected chi connectivity index (χ1v) is 10.7. The number of amides is 1. The number of hydrogen-bond acceptors (Lipinski definition) is 5. The van der Waals surface area contributed by atoms with Crippen molar-refractivity contribution in [3.63, 3.8) is 0 Å². The van der Waals surface area contributed by atoms with E-state index in [0.717, 1.165) is 71.2 Å². The summed E-state index contributed by atoms with van der Waals surface area (Å²) in [5.74, 6) is 1.12. The zero-order chi connectivity index (χ0) is 18.0. The molecule has 6 heteroatoms. The number of nitrogens with zero attached hydrogens (tertiary/aromatic N) is 2. The minimum absolute atomic E-state index is 0.286. The molecular weight excluding hydrogens is 348 g/mol. The highest BCUT2D eigenvalue weighted by Crippen LogP contribution is 2.20. The Labute approximate surface area is 161 Å². The van der Waals surface area contributed by atoms with Crippen LogP contribution in [0, 0.1) is 0 Å². The third kappa shape index (κ3) is 6.27. The van der Waals surface area contributed by atoms with Crippen LogP contribution in [0.4, 0.5) is 0 Å². The third-order valence-electron chi connectivity index (χ3n) is 5.04. The van der Waals surface area contributed by atoms with Crippen LogP contribution < -0.4 is 0 Å². The summed E-state index contributed by atoms with van der Waals surface area (Å²) in [6.45, 7) is 6.85. The van der Waals surface area contributed by atoms with Crippen LogP contribution in [0.5, 0.6) is 0 Å². The van der Waals surface area contributed by atoms with Gasteiger partial charge in [-0.15, -0.1) is 11.8 Å². The van der Waals surface area contributed by atoms with Crippen LogP contribution in [0.1, 0.15) is 19.3 Å². The number of carbonyl (C=O) groups is 1. The molecule has 1 aromatic carbocycles. The number of ether oxygens (including phenoxy) is 2. The lowest BCUT2D eigenvalue weighted by molar-refractivity contribution is -0.135. The Hall–Kier alpha value is -1.08. The van der Waals surface area contributed by atoms with E-state index >= 15 is 0 Å². The van der Waals surface area contributed by atoms with Crippen LogP contribution in [0.3, 0.4) is 0 Å². The summed E-state index contributed by atoms with van der Waals surface area (Å²) in [7, 11) is 0. The highest BCUT2D eigenvalue weighted by Gasteiger charge is 2.26. The second-order valence-electron chi connectivity index (χ2n) is 6.80. The van der Waals surface area contributed by atoms with E-state index in [1.54, 1.807) is 11.8 Å². The molecule has 3 rings (SSSR count). The van der Waals surface area contributed by atoms with Gasteiger partial charge in [0.2, 0.25) is 5.91 Å². The van der Waals surface area contributed by atoms with Crippen molar-refractivity contribution < 1.29 is 14.3 Å². The maximum absolute atomic E-state index is 12.9. The summed E-state index contributed by atoms with van der Waals surface area (Å²) in [6.07, 6.45) is 2.52. The van der Waals surface area contributed by atoms with E-state index < -0.39 is 0 Å². The van der Waals surface area contributed by atoms with Gasteiger partial charge in [0.1, 0.15) is 0 Å². The number of rotatable bonds is 8. The van der Waals surface area contributed by atoms with Gasteiger partial charge < -0.3 is 14.4 Å². The Morgan fingerprint density at radius 3 is 2.50 bits per heavy atom. The fraction of sp³-hybridized carbons (Fsp3) is 0.650. The van der Waals surface area contributed by atoms with Crippen LogP contribution in [-0.4, -0.2) is 80.1 Å². The molecule has 0 bridgehead atoms. The molecule has 0 saturated carbocycles.